The van der Waals surface area contributed by atoms with Crippen LogP contribution >= 0.6 is 0 Å². The molecule has 1 N–H and O–H groups in total. The molecule has 3 fully saturated rings. The van der Waals surface area contributed by atoms with Gasteiger partial charge in [-0.15, -0.1) is 0 Å². The zero-order valence-electron chi connectivity index (χ0n) is 12.7. The van der Waals surface area contributed by atoms with Crippen molar-refractivity contribution in [1.82, 2.24) is 10.2 Å². The summed E-state index contributed by atoms with van der Waals surface area (Å²) in [7, 11) is 0. The Morgan fingerprint density at radius 3 is 2.53 bits per heavy atom. The highest BCUT2D eigenvalue weighted by Gasteiger charge is 2.29. The van der Waals surface area contributed by atoms with Gasteiger partial charge in [-0.3, -0.25) is 0 Å². The highest BCUT2D eigenvalue weighted by Crippen LogP contribution is 2.31. The third-order valence-electron chi connectivity index (χ3n) is 5.86. The third-order valence-corrected chi connectivity index (χ3v) is 5.86. The fourth-order valence-corrected chi connectivity index (χ4v) is 4.74. The van der Waals surface area contributed by atoms with Crippen LogP contribution in [0.2, 0.25) is 0 Å². The Morgan fingerprint density at radius 1 is 1.00 bits per heavy atom. The highest BCUT2D eigenvalue weighted by atomic mass is 15.1. The second-order valence-electron chi connectivity index (χ2n) is 7.48. The van der Waals surface area contributed by atoms with Crippen molar-refractivity contribution in [2.75, 3.05) is 26.2 Å². The van der Waals surface area contributed by atoms with Crippen molar-refractivity contribution in [2.24, 2.45) is 17.8 Å². The lowest BCUT2D eigenvalue weighted by atomic mass is 9.81. The van der Waals surface area contributed by atoms with E-state index in [1.807, 2.05) is 0 Å². The summed E-state index contributed by atoms with van der Waals surface area (Å²) in [6.45, 7) is 7.85. The van der Waals surface area contributed by atoms with Crippen LogP contribution in [0.15, 0.2) is 0 Å². The van der Waals surface area contributed by atoms with Crippen molar-refractivity contribution >= 4 is 0 Å². The van der Waals surface area contributed by atoms with Gasteiger partial charge in [0.15, 0.2) is 0 Å². The van der Waals surface area contributed by atoms with E-state index < -0.39 is 0 Å². The molecule has 3 atom stereocenters. The van der Waals surface area contributed by atoms with Gasteiger partial charge in [-0.05, 0) is 75.9 Å². The fourth-order valence-electron chi connectivity index (χ4n) is 4.74. The maximum absolute atomic E-state index is 3.71. The second kappa shape index (κ2) is 6.58. The lowest BCUT2D eigenvalue weighted by Gasteiger charge is -2.38. The van der Waals surface area contributed by atoms with Gasteiger partial charge < -0.3 is 10.2 Å². The van der Waals surface area contributed by atoms with Gasteiger partial charge in [-0.25, -0.2) is 0 Å². The van der Waals surface area contributed by atoms with E-state index in [1.54, 1.807) is 0 Å². The number of piperidine rings is 1. The lowest BCUT2D eigenvalue weighted by molar-refractivity contribution is 0.124. The molecule has 0 amide bonds. The van der Waals surface area contributed by atoms with Gasteiger partial charge in [0.05, 0.1) is 0 Å². The molecule has 1 aliphatic carbocycles. The SMILES string of the molecule is CC1CCCC(CN2CCC(C3CCCN3)CC2)C1. The number of likely N-dealkylation sites (tertiary alicyclic amines) is 1. The van der Waals surface area contributed by atoms with Crippen molar-refractivity contribution < 1.29 is 0 Å². The summed E-state index contributed by atoms with van der Waals surface area (Å²) >= 11 is 0. The topological polar surface area (TPSA) is 15.3 Å². The molecular formula is C17H32N2. The molecular weight excluding hydrogens is 232 g/mol. The minimum Gasteiger partial charge on any atom is -0.314 e. The molecule has 0 spiro atoms. The first-order chi connectivity index (χ1) is 9.31. The number of rotatable bonds is 3. The van der Waals surface area contributed by atoms with Crippen molar-refractivity contribution in [1.29, 1.82) is 0 Å². The van der Waals surface area contributed by atoms with Gasteiger partial charge in [0.25, 0.3) is 0 Å². The Labute approximate surface area is 119 Å². The zero-order chi connectivity index (χ0) is 13.1. The molecule has 2 heteroatoms. The van der Waals surface area contributed by atoms with Gasteiger partial charge in [-0.2, -0.15) is 0 Å². The van der Waals surface area contributed by atoms with E-state index >= 15 is 0 Å². The molecule has 3 rings (SSSR count). The normalized spacial score (nSPS) is 38.7. The minimum absolute atomic E-state index is 0.858. The van der Waals surface area contributed by atoms with E-state index in [0.717, 1.165) is 23.8 Å². The summed E-state index contributed by atoms with van der Waals surface area (Å²) in [5, 5.41) is 3.71. The number of hydrogen-bond acceptors (Lipinski definition) is 2. The van der Waals surface area contributed by atoms with Gasteiger partial charge in [0.1, 0.15) is 0 Å². The van der Waals surface area contributed by atoms with Crippen molar-refractivity contribution in [3.8, 4) is 0 Å². The summed E-state index contributed by atoms with van der Waals surface area (Å²) in [5.41, 5.74) is 0. The second-order valence-corrected chi connectivity index (χ2v) is 7.48. The molecule has 110 valence electrons. The Hall–Kier alpha value is -0.0800. The number of nitrogens with zero attached hydrogens (tertiary/aromatic N) is 1. The predicted octanol–water partition coefficient (Wildman–Crippen LogP) is 3.28. The average Bonchev–Trinajstić information content (AvgIpc) is 2.94. The van der Waals surface area contributed by atoms with Crippen LogP contribution in [0.4, 0.5) is 0 Å². The average molecular weight is 264 g/mol. The monoisotopic (exact) mass is 264 g/mol. The van der Waals surface area contributed by atoms with Crippen LogP contribution in [-0.2, 0) is 0 Å². The first kappa shape index (κ1) is 13.9. The van der Waals surface area contributed by atoms with Crippen LogP contribution in [0.3, 0.4) is 0 Å². The van der Waals surface area contributed by atoms with E-state index in [9.17, 15) is 0 Å². The molecule has 2 heterocycles. The first-order valence-electron chi connectivity index (χ1n) is 8.77. The van der Waals surface area contributed by atoms with Gasteiger partial charge >= 0.3 is 0 Å². The standard InChI is InChI=1S/C17H32N2/c1-14-4-2-5-15(12-14)13-19-10-7-16(8-11-19)17-6-3-9-18-17/h14-18H,2-13H2,1H3. The Morgan fingerprint density at radius 2 is 1.84 bits per heavy atom. The van der Waals surface area contributed by atoms with E-state index in [0.29, 0.717) is 0 Å². The minimum atomic E-state index is 0.858. The smallest absolute Gasteiger partial charge is 0.00967 e. The van der Waals surface area contributed by atoms with Crippen molar-refractivity contribution in [3.63, 3.8) is 0 Å². The van der Waals surface area contributed by atoms with Crippen LogP contribution in [0.25, 0.3) is 0 Å². The first-order valence-corrected chi connectivity index (χ1v) is 8.77. The molecule has 2 aliphatic heterocycles. The Balaban J connectivity index is 1.40. The fraction of sp³-hybridized carbons (Fsp3) is 1.00. The molecule has 0 aromatic heterocycles. The molecule has 0 bridgehead atoms. The molecule has 3 unspecified atom stereocenters. The van der Waals surface area contributed by atoms with E-state index in [4.69, 9.17) is 0 Å². The van der Waals surface area contributed by atoms with Crippen molar-refractivity contribution in [2.45, 2.75) is 64.3 Å². The molecule has 19 heavy (non-hydrogen) atoms. The molecule has 0 aromatic carbocycles. The van der Waals surface area contributed by atoms with E-state index in [-0.39, 0.29) is 0 Å². The van der Waals surface area contributed by atoms with Crippen molar-refractivity contribution in [3.05, 3.63) is 0 Å². The van der Waals surface area contributed by atoms with Crippen LogP contribution in [-0.4, -0.2) is 37.1 Å². The van der Waals surface area contributed by atoms with Crippen LogP contribution in [0.1, 0.15) is 58.3 Å². The summed E-state index contributed by atoms with van der Waals surface area (Å²) in [6, 6.07) is 0.858. The molecule has 3 aliphatic rings. The maximum atomic E-state index is 3.71. The third kappa shape index (κ3) is 3.72. The molecule has 2 nitrogen and oxygen atoms in total. The van der Waals surface area contributed by atoms with Gasteiger partial charge in [0.2, 0.25) is 0 Å². The molecule has 2 saturated heterocycles. The zero-order valence-corrected chi connectivity index (χ0v) is 12.7. The molecule has 0 aromatic rings. The predicted molar refractivity (Wildman–Crippen MR) is 81.3 cm³/mol. The highest BCUT2D eigenvalue weighted by molar-refractivity contribution is 4.86. The van der Waals surface area contributed by atoms with Gasteiger partial charge in [0, 0.05) is 12.6 Å². The summed E-state index contributed by atoms with van der Waals surface area (Å²) in [5.74, 6) is 2.97. The number of nitrogens with one attached hydrogen (secondary N) is 1. The number of hydrogen-bond donors (Lipinski definition) is 1. The Bertz CT molecular complexity index is 264. The lowest BCUT2D eigenvalue weighted by Crippen LogP contribution is -2.42. The largest absolute Gasteiger partial charge is 0.314 e. The quantitative estimate of drug-likeness (QED) is 0.841. The van der Waals surface area contributed by atoms with E-state index in [2.05, 4.69) is 17.1 Å². The summed E-state index contributed by atoms with van der Waals surface area (Å²) in [4.78, 5) is 2.77. The van der Waals surface area contributed by atoms with Gasteiger partial charge in [-0.1, -0.05) is 19.8 Å². The van der Waals surface area contributed by atoms with E-state index in [1.165, 1.54) is 77.5 Å². The maximum Gasteiger partial charge on any atom is 0.00967 e. The van der Waals surface area contributed by atoms with Crippen LogP contribution in [0.5, 0.6) is 0 Å². The van der Waals surface area contributed by atoms with Crippen LogP contribution in [0, 0.1) is 17.8 Å². The molecule has 0 radical (unpaired) electrons. The molecule has 1 saturated carbocycles. The van der Waals surface area contributed by atoms with Crippen LogP contribution < -0.4 is 5.32 Å². The summed E-state index contributed by atoms with van der Waals surface area (Å²) < 4.78 is 0. The Kier molecular flexibility index (Phi) is 4.81. The summed E-state index contributed by atoms with van der Waals surface area (Å²) in [6.07, 6.45) is 11.7.